The van der Waals surface area contributed by atoms with Crippen LogP contribution in [0.4, 0.5) is 0 Å². The Morgan fingerprint density at radius 2 is 2.28 bits per heavy atom. The molecule has 2 N–H and O–H groups in total. The number of carbonyl (C=O) groups is 1. The van der Waals surface area contributed by atoms with E-state index in [9.17, 15) is 4.79 Å². The van der Waals surface area contributed by atoms with Crippen LogP contribution in [0.2, 0.25) is 0 Å². The molecule has 0 radical (unpaired) electrons. The summed E-state index contributed by atoms with van der Waals surface area (Å²) in [5.41, 5.74) is 5.84. The summed E-state index contributed by atoms with van der Waals surface area (Å²) in [5, 5.41) is 0. The van der Waals surface area contributed by atoms with Crippen LogP contribution in [0.15, 0.2) is 22.8 Å². The Labute approximate surface area is 108 Å². The Bertz CT molecular complexity index is 375. The van der Waals surface area contributed by atoms with Crippen LogP contribution in [0.5, 0.6) is 0 Å². The summed E-state index contributed by atoms with van der Waals surface area (Å²) in [6.07, 6.45) is 6.14. The molecule has 2 rings (SSSR count). The fraction of sp³-hybridized carbons (Fsp3) is 0.643. The lowest BCUT2D eigenvalue weighted by atomic mass is 9.83. The van der Waals surface area contributed by atoms with Gasteiger partial charge in [0.1, 0.15) is 0 Å². The van der Waals surface area contributed by atoms with Gasteiger partial charge < -0.3 is 15.1 Å². The lowest BCUT2D eigenvalue weighted by Crippen LogP contribution is -2.47. The number of hydrogen-bond donors (Lipinski definition) is 1. The van der Waals surface area contributed by atoms with E-state index in [1.54, 1.807) is 18.4 Å². The van der Waals surface area contributed by atoms with Crippen LogP contribution in [-0.4, -0.2) is 29.9 Å². The van der Waals surface area contributed by atoms with Crippen molar-refractivity contribution in [1.29, 1.82) is 0 Å². The highest BCUT2D eigenvalue weighted by atomic mass is 16.3. The molecule has 1 heterocycles. The zero-order valence-electron chi connectivity index (χ0n) is 11.0. The van der Waals surface area contributed by atoms with Gasteiger partial charge >= 0.3 is 0 Å². The van der Waals surface area contributed by atoms with E-state index in [4.69, 9.17) is 10.2 Å². The highest BCUT2D eigenvalue weighted by Crippen LogP contribution is 2.28. The van der Waals surface area contributed by atoms with Gasteiger partial charge in [0, 0.05) is 12.6 Å². The molecule has 0 saturated heterocycles. The van der Waals surface area contributed by atoms with Gasteiger partial charge in [-0.2, -0.15) is 0 Å². The molecule has 1 aromatic heterocycles. The number of amides is 1. The molecule has 4 nitrogen and oxygen atoms in total. The second-order valence-corrected chi connectivity index (χ2v) is 4.92. The molecular formula is C14H22N2O2. The number of furan rings is 1. The second-order valence-electron chi connectivity index (χ2n) is 4.92. The van der Waals surface area contributed by atoms with E-state index < -0.39 is 0 Å². The molecule has 0 aliphatic heterocycles. The van der Waals surface area contributed by atoms with Crippen molar-refractivity contribution in [3.8, 4) is 0 Å². The van der Waals surface area contributed by atoms with Gasteiger partial charge in [0.05, 0.1) is 6.26 Å². The van der Waals surface area contributed by atoms with E-state index in [1.807, 2.05) is 11.8 Å². The van der Waals surface area contributed by atoms with Crippen LogP contribution in [0.25, 0.3) is 0 Å². The van der Waals surface area contributed by atoms with Gasteiger partial charge in [0.2, 0.25) is 0 Å². The number of carbonyl (C=O) groups excluding carboxylic acids is 1. The maximum atomic E-state index is 12.4. The normalized spacial score (nSPS) is 23.9. The summed E-state index contributed by atoms with van der Waals surface area (Å²) < 4.78 is 5.22. The monoisotopic (exact) mass is 250 g/mol. The molecule has 4 heteroatoms. The predicted octanol–water partition coefficient (Wildman–Crippen LogP) is 2.26. The van der Waals surface area contributed by atoms with Crippen molar-refractivity contribution < 1.29 is 9.21 Å². The lowest BCUT2D eigenvalue weighted by molar-refractivity contribution is 0.0529. The lowest BCUT2D eigenvalue weighted by Gasteiger charge is -2.38. The van der Waals surface area contributed by atoms with Gasteiger partial charge in [-0.05, 0) is 44.4 Å². The zero-order valence-corrected chi connectivity index (χ0v) is 11.0. The first-order chi connectivity index (χ1) is 8.77. The van der Waals surface area contributed by atoms with Crippen molar-refractivity contribution in [3.63, 3.8) is 0 Å². The second kappa shape index (κ2) is 6.05. The quantitative estimate of drug-likeness (QED) is 0.891. The predicted molar refractivity (Wildman–Crippen MR) is 70.2 cm³/mol. The summed E-state index contributed by atoms with van der Waals surface area (Å²) in [6, 6.07) is 3.75. The number of hydrogen-bond acceptors (Lipinski definition) is 3. The van der Waals surface area contributed by atoms with Gasteiger partial charge in [0.15, 0.2) is 5.76 Å². The number of rotatable bonds is 4. The molecular weight excluding hydrogens is 228 g/mol. The minimum atomic E-state index is -0.00662. The zero-order chi connectivity index (χ0) is 13.0. The first-order valence-corrected chi connectivity index (χ1v) is 6.82. The smallest absolute Gasteiger partial charge is 0.289 e. The molecule has 2 atom stereocenters. The van der Waals surface area contributed by atoms with Gasteiger partial charge in [-0.25, -0.2) is 0 Å². The number of nitrogens with zero attached hydrogens (tertiary/aromatic N) is 1. The molecule has 2 unspecified atom stereocenters. The van der Waals surface area contributed by atoms with Crippen molar-refractivity contribution in [2.75, 3.05) is 13.1 Å². The van der Waals surface area contributed by atoms with Crippen LogP contribution in [-0.2, 0) is 0 Å². The summed E-state index contributed by atoms with van der Waals surface area (Å²) >= 11 is 0. The topological polar surface area (TPSA) is 59.5 Å². The molecule has 0 spiro atoms. The molecule has 1 fully saturated rings. The van der Waals surface area contributed by atoms with Gasteiger partial charge in [0.25, 0.3) is 5.91 Å². The Kier molecular flexibility index (Phi) is 4.42. The molecule has 1 aliphatic rings. The minimum absolute atomic E-state index is 0.00662. The third kappa shape index (κ3) is 2.58. The maximum Gasteiger partial charge on any atom is 0.289 e. The van der Waals surface area contributed by atoms with E-state index in [-0.39, 0.29) is 11.9 Å². The molecule has 18 heavy (non-hydrogen) atoms. The number of nitrogens with two attached hydrogens (primary N) is 1. The highest BCUT2D eigenvalue weighted by Gasteiger charge is 2.32. The van der Waals surface area contributed by atoms with Gasteiger partial charge in [-0.3, -0.25) is 4.79 Å². The van der Waals surface area contributed by atoms with E-state index in [0.717, 1.165) is 12.8 Å². The minimum Gasteiger partial charge on any atom is -0.459 e. The fourth-order valence-corrected chi connectivity index (χ4v) is 2.94. The van der Waals surface area contributed by atoms with Crippen LogP contribution in [0.3, 0.4) is 0 Å². The van der Waals surface area contributed by atoms with Crippen LogP contribution in [0, 0.1) is 5.92 Å². The van der Waals surface area contributed by atoms with Crippen molar-refractivity contribution in [3.05, 3.63) is 24.2 Å². The SMILES string of the molecule is CCN(C(=O)c1ccco1)C1CCCCC1CN. The van der Waals surface area contributed by atoms with Crippen molar-refractivity contribution in [2.45, 2.75) is 38.6 Å². The molecule has 0 bridgehead atoms. The standard InChI is InChI=1S/C14H22N2O2/c1-2-16(14(17)13-8-5-9-18-13)12-7-4-3-6-11(12)10-15/h5,8-9,11-12H,2-4,6-7,10,15H2,1H3. The van der Waals surface area contributed by atoms with E-state index in [1.165, 1.54) is 12.8 Å². The Morgan fingerprint density at radius 1 is 1.50 bits per heavy atom. The average Bonchev–Trinajstić information content (AvgIpc) is 2.94. The summed E-state index contributed by atoms with van der Waals surface area (Å²) in [4.78, 5) is 14.3. The van der Waals surface area contributed by atoms with Crippen LogP contribution >= 0.6 is 0 Å². The molecule has 1 amide bonds. The largest absolute Gasteiger partial charge is 0.459 e. The molecule has 1 aromatic rings. The van der Waals surface area contributed by atoms with Crippen molar-refractivity contribution >= 4 is 5.91 Å². The third-order valence-electron chi connectivity index (χ3n) is 3.91. The first-order valence-electron chi connectivity index (χ1n) is 6.82. The van der Waals surface area contributed by atoms with Gasteiger partial charge in [-0.15, -0.1) is 0 Å². The maximum absolute atomic E-state index is 12.4. The summed E-state index contributed by atoms with van der Waals surface area (Å²) in [5.74, 6) is 0.851. The average molecular weight is 250 g/mol. The van der Waals surface area contributed by atoms with Crippen molar-refractivity contribution in [2.24, 2.45) is 11.7 Å². The van der Waals surface area contributed by atoms with E-state index in [0.29, 0.717) is 24.8 Å². The first kappa shape index (κ1) is 13.1. The highest BCUT2D eigenvalue weighted by molar-refractivity contribution is 5.91. The Hall–Kier alpha value is -1.29. The molecule has 1 aliphatic carbocycles. The Morgan fingerprint density at radius 3 is 2.89 bits per heavy atom. The molecule has 1 saturated carbocycles. The van der Waals surface area contributed by atoms with Crippen LogP contribution in [0.1, 0.15) is 43.2 Å². The Balaban J connectivity index is 2.14. The van der Waals surface area contributed by atoms with E-state index in [2.05, 4.69) is 0 Å². The molecule has 100 valence electrons. The van der Waals surface area contributed by atoms with Gasteiger partial charge in [-0.1, -0.05) is 12.8 Å². The fourth-order valence-electron chi connectivity index (χ4n) is 2.94. The van der Waals surface area contributed by atoms with E-state index >= 15 is 0 Å². The summed E-state index contributed by atoms with van der Waals surface area (Å²) in [7, 11) is 0. The third-order valence-corrected chi connectivity index (χ3v) is 3.91. The van der Waals surface area contributed by atoms with Crippen molar-refractivity contribution in [1.82, 2.24) is 4.90 Å². The van der Waals surface area contributed by atoms with Crippen LogP contribution < -0.4 is 5.73 Å². The summed E-state index contributed by atoms with van der Waals surface area (Å²) in [6.45, 7) is 3.39. The molecule has 0 aromatic carbocycles.